The molecule has 2 saturated heterocycles. The van der Waals surface area contributed by atoms with Crippen LogP contribution >= 0.6 is 11.6 Å². The molecule has 1 atom stereocenters. The van der Waals surface area contributed by atoms with Gasteiger partial charge in [0, 0.05) is 43.2 Å². The third-order valence-corrected chi connectivity index (χ3v) is 5.66. The van der Waals surface area contributed by atoms with E-state index in [-0.39, 0.29) is 17.5 Å². The second-order valence-corrected chi connectivity index (χ2v) is 7.38. The highest BCUT2D eigenvalue weighted by molar-refractivity contribution is 6.31. The van der Waals surface area contributed by atoms with Crippen LogP contribution in [0.4, 0.5) is 10.5 Å². The van der Waals surface area contributed by atoms with Crippen LogP contribution in [-0.2, 0) is 4.79 Å². The summed E-state index contributed by atoms with van der Waals surface area (Å²) in [5.41, 5.74) is 0.378. The molecule has 0 unspecified atom stereocenters. The molecule has 1 aromatic rings. The number of nitrogens with one attached hydrogen (secondary N) is 2. The molecule has 7 nitrogen and oxygen atoms in total. The van der Waals surface area contributed by atoms with Gasteiger partial charge in [-0.05, 0) is 38.1 Å². The maximum absolute atomic E-state index is 12.8. The summed E-state index contributed by atoms with van der Waals surface area (Å²) < 4.78 is 5.30. The number of halogens is 1. The topological polar surface area (TPSA) is 73.9 Å². The number of piperazine rings is 1. The van der Waals surface area contributed by atoms with Gasteiger partial charge >= 0.3 is 6.03 Å². The van der Waals surface area contributed by atoms with E-state index in [1.807, 2.05) is 4.90 Å². The van der Waals surface area contributed by atoms with Gasteiger partial charge in [-0.2, -0.15) is 0 Å². The Morgan fingerprint density at radius 2 is 2.15 bits per heavy atom. The van der Waals surface area contributed by atoms with Crippen molar-refractivity contribution >= 4 is 29.2 Å². The lowest BCUT2D eigenvalue weighted by molar-refractivity contribution is -0.121. The summed E-state index contributed by atoms with van der Waals surface area (Å²) >= 11 is 6.04. The van der Waals surface area contributed by atoms with Crippen LogP contribution in [0.3, 0.4) is 0 Å². The second-order valence-electron chi connectivity index (χ2n) is 6.94. The Balaban J connectivity index is 1.74. The summed E-state index contributed by atoms with van der Waals surface area (Å²) in [5.74, 6) is 0.649. The Bertz CT molecular complexity index is 699. The predicted molar refractivity (Wildman–Crippen MR) is 101 cm³/mol. The second kappa shape index (κ2) is 7.72. The number of nitrogens with zero attached hydrogens (tertiary/aromatic N) is 2. The lowest BCUT2D eigenvalue weighted by Gasteiger charge is -2.49. The van der Waals surface area contributed by atoms with Crippen molar-refractivity contribution in [2.75, 3.05) is 45.7 Å². The minimum absolute atomic E-state index is 0.0838. The molecule has 1 aromatic carbocycles. The molecule has 2 heterocycles. The number of ether oxygens (including phenoxy) is 1. The van der Waals surface area contributed by atoms with E-state index >= 15 is 0 Å². The molecule has 1 spiro atoms. The average molecular weight is 381 g/mol. The van der Waals surface area contributed by atoms with Crippen LogP contribution in [0, 0.1) is 0 Å². The number of amides is 3. The highest BCUT2D eigenvalue weighted by atomic mass is 35.5. The standard InChI is InChI=1S/C18H25ClN4O3/c1-22-9-10-23(12-18(22)6-5-16(24)20-8-7-18)17(25)21-14-11-13(19)3-4-15(14)26-2/h3-4,11H,5-10,12H2,1-2H3,(H,20,24)(H,21,25)/t18-/m1/s1. The molecule has 2 aliphatic heterocycles. The summed E-state index contributed by atoms with van der Waals surface area (Å²) in [7, 11) is 3.63. The fourth-order valence-electron chi connectivity index (χ4n) is 3.74. The van der Waals surface area contributed by atoms with Crippen molar-refractivity contribution in [3.8, 4) is 5.75 Å². The molecule has 3 amide bonds. The van der Waals surface area contributed by atoms with Crippen LogP contribution in [0.25, 0.3) is 0 Å². The molecule has 26 heavy (non-hydrogen) atoms. The van der Waals surface area contributed by atoms with Crippen molar-refractivity contribution in [2.45, 2.75) is 24.8 Å². The number of urea groups is 1. The van der Waals surface area contributed by atoms with Crippen LogP contribution in [0.15, 0.2) is 18.2 Å². The number of hydrogen-bond acceptors (Lipinski definition) is 4. The van der Waals surface area contributed by atoms with E-state index in [4.69, 9.17) is 16.3 Å². The zero-order valence-electron chi connectivity index (χ0n) is 15.2. The molecular formula is C18H25ClN4O3. The highest BCUT2D eigenvalue weighted by Crippen LogP contribution is 2.32. The monoisotopic (exact) mass is 380 g/mol. The molecule has 2 N–H and O–H groups in total. The quantitative estimate of drug-likeness (QED) is 0.824. The van der Waals surface area contributed by atoms with E-state index in [0.717, 1.165) is 19.4 Å². The van der Waals surface area contributed by atoms with E-state index in [2.05, 4.69) is 22.6 Å². The van der Waals surface area contributed by atoms with Gasteiger partial charge in [0.2, 0.25) is 5.91 Å². The number of methoxy groups -OCH3 is 1. The fraction of sp³-hybridized carbons (Fsp3) is 0.556. The lowest BCUT2D eigenvalue weighted by Crippen LogP contribution is -2.62. The first-order valence-electron chi connectivity index (χ1n) is 8.81. The highest BCUT2D eigenvalue weighted by Gasteiger charge is 2.42. The molecule has 0 bridgehead atoms. The van der Waals surface area contributed by atoms with Gasteiger partial charge in [-0.15, -0.1) is 0 Å². The van der Waals surface area contributed by atoms with Crippen molar-refractivity contribution in [3.63, 3.8) is 0 Å². The Morgan fingerprint density at radius 1 is 1.35 bits per heavy atom. The number of anilines is 1. The molecule has 0 aliphatic carbocycles. The number of hydrogen-bond donors (Lipinski definition) is 2. The predicted octanol–water partition coefficient (Wildman–Crippen LogP) is 2.17. The first-order chi connectivity index (χ1) is 12.4. The number of benzene rings is 1. The van der Waals surface area contributed by atoms with E-state index in [1.165, 1.54) is 0 Å². The Morgan fingerprint density at radius 3 is 2.92 bits per heavy atom. The van der Waals surface area contributed by atoms with Gasteiger partial charge in [0.25, 0.3) is 0 Å². The summed E-state index contributed by atoms with van der Waals surface area (Å²) in [6, 6.07) is 4.95. The van der Waals surface area contributed by atoms with Crippen LogP contribution in [0.2, 0.25) is 5.02 Å². The van der Waals surface area contributed by atoms with Crippen LogP contribution < -0.4 is 15.4 Å². The molecule has 0 saturated carbocycles. The molecular weight excluding hydrogens is 356 g/mol. The van der Waals surface area contributed by atoms with Crippen molar-refractivity contribution < 1.29 is 14.3 Å². The number of likely N-dealkylation sites (N-methyl/N-ethyl adjacent to an activating group) is 1. The molecule has 0 radical (unpaired) electrons. The first kappa shape index (κ1) is 18.8. The Labute approximate surface area is 158 Å². The summed E-state index contributed by atoms with van der Waals surface area (Å²) in [5, 5.41) is 6.37. The fourth-order valence-corrected chi connectivity index (χ4v) is 3.91. The number of carbonyl (C=O) groups excluding carboxylic acids is 2. The zero-order chi connectivity index (χ0) is 18.7. The van der Waals surface area contributed by atoms with Crippen LogP contribution in [0.5, 0.6) is 5.75 Å². The summed E-state index contributed by atoms with van der Waals surface area (Å²) in [6.45, 7) is 2.64. The van der Waals surface area contributed by atoms with Gasteiger partial charge in [0.05, 0.1) is 12.8 Å². The van der Waals surface area contributed by atoms with E-state index in [0.29, 0.717) is 42.5 Å². The van der Waals surface area contributed by atoms with Crippen LogP contribution in [-0.4, -0.2) is 67.6 Å². The van der Waals surface area contributed by atoms with Gasteiger partial charge in [-0.25, -0.2) is 4.79 Å². The lowest BCUT2D eigenvalue weighted by atomic mass is 9.86. The minimum Gasteiger partial charge on any atom is -0.495 e. The smallest absolute Gasteiger partial charge is 0.322 e. The average Bonchev–Trinajstić information content (AvgIpc) is 2.80. The van der Waals surface area contributed by atoms with Gasteiger partial charge in [-0.1, -0.05) is 11.6 Å². The molecule has 0 aromatic heterocycles. The van der Waals surface area contributed by atoms with Crippen molar-refractivity contribution in [2.24, 2.45) is 0 Å². The molecule has 3 rings (SSSR count). The molecule has 2 aliphatic rings. The Hall–Kier alpha value is -1.99. The van der Waals surface area contributed by atoms with Crippen molar-refractivity contribution in [1.82, 2.24) is 15.1 Å². The summed E-state index contributed by atoms with van der Waals surface area (Å²) in [4.78, 5) is 28.7. The third-order valence-electron chi connectivity index (χ3n) is 5.42. The van der Waals surface area contributed by atoms with Crippen molar-refractivity contribution in [3.05, 3.63) is 23.2 Å². The SMILES string of the molecule is COc1ccc(Cl)cc1NC(=O)N1CCN(C)[C@]2(CCNC(=O)CC2)C1. The van der Waals surface area contributed by atoms with Crippen molar-refractivity contribution in [1.29, 1.82) is 0 Å². The first-order valence-corrected chi connectivity index (χ1v) is 9.19. The van der Waals surface area contributed by atoms with E-state index in [9.17, 15) is 9.59 Å². The third kappa shape index (κ3) is 3.88. The van der Waals surface area contributed by atoms with Gasteiger partial charge < -0.3 is 20.3 Å². The summed E-state index contributed by atoms with van der Waals surface area (Å²) in [6.07, 6.45) is 2.07. The van der Waals surface area contributed by atoms with Crippen LogP contribution in [0.1, 0.15) is 19.3 Å². The number of rotatable bonds is 2. The van der Waals surface area contributed by atoms with Gasteiger partial charge in [0.1, 0.15) is 5.75 Å². The molecule has 8 heteroatoms. The number of carbonyl (C=O) groups is 2. The van der Waals surface area contributed by atoms with Gasteiger partial charge in [-0.3, -0.25) is 9.69 Å². The van der Waals surface area contributed by atoms with Gasteiger partial charge in [0.15, 0.2) is 0 Å². The zero-order valence-corrected chi connectivity index (χ0v) is 15.9. The normalized spacial score (nSPS) is 24.1. The minimum atomic E-state index is -0.179. The maximum atomic E-state index is 12.8. The molecule has 2 fully saturated rings. The maximum Gasteiger partial charge on any atom is 0.322 e. The Kier molecular flexibility index (Phi) is 5.58. The molecule has 142 valence electrons. The van der Waals surface area contributed by atoms with E-state index in [1.54, 1.807) is 25.3 Å². The van der Waals surface area contributed by atoms with E-state index < -0.39 is 0 Å². The largest absolute Gasteiger partial charge is 0.495 e.